The normalized spacial score (nSPS) is 18.1. The first-order valence-corrected chi connectivity index (χ1v) is 8.60. The smallest absolute Gasteiger partial charge is 0.257 e. The van der Waals surface area contributed by atoms with E-state index in [1.165, 1.54) is 12.1 Å². The molecule has 134 valence electrons. The molecule has 0 saturated carbocycles. The van der Waals surface area contributed by atoms with E-state index < -0.39 is 0 Å². The molecular formula is C20H20FN3O2. The van der Waals surface area contributed by atoms with E-state index in [-0.39, 0.29) is 11.7 Å². The molecule has 0 aromatic heterocycles. The lowest BCUT2D eigenvalue weighted by Gasteiger charge is -2.35. The van der Waals surface area contributed by atoms with Crippen LogP contribution in [0.3, 0.4) is 0 Å². The molecule has 1 amide bonds. The Morgan fingerprint density at radius 1 is 1.08 bits per heavy atom. The van der Waals surface area contributed by atoms with E-state index in [2.05, 4.69) is 27.2 Å². The number of anilines is 2. The van der Waals surface area contributed by atoms with Crippen LogP contribution < -0.4 is 15.0 Å². The summed E-state index contributed by atoms with van der Waals surface area (Å²) in [6, 6.07) is 12.4. The molecule has 0 radical (unpaired) electrons. The first-order valence-electron chi connectivity index (χ1n) is 8.60. The predicted molar refractivity (Wildman–Crippen MR) is 99.8 cm³/mol. The van der Waals surface area contributed by atoms with Gasteiger partial charge in [0.2, 0.25) is 0 Å². The standard InChI is InChI=1S/C20H20FN3O2/c1-26-16-5-3-15(4-6-16)24-10-8-23(9-11-24)13-18-17-12-14(21)2-7-19(17)22-20(18)25/h2-7,12-13H,8-11H2,1H3,(H,22,25)/b18-13+. The van der Waals surface area contributed by atoms with Crippen LogP contribution in [0.1, 0.15) is 5.56 Å². The van der Waals surface area contributed by atoms with Crippen molar-refractivity contribution in [2.45, 2.75) is 0 Å². The number of halogens is 1. The minimum Gasteiger partial charge on any atom is -0.497 e. The fourth-order valence-electron chi connectivity index (χ4n) is 3.37. The molecule has 4 rings (SSSR count). The number of nitrogens with one attached hydrogen (secondary N) is 1. The lowest BCUT2D eigenvalue weighted by molar-refractivity contribution is -0.110. The molecule has 0 bridgehead atoms. The number of hydrogen-bond donors (Lipinski definition) is 1. The molecule has 0 spiro atoms. The van der Waals surface area contributed by atoms with E-state index in [9.17, 15) is 9.18 Å². The Hall–Kier alpha value is -3.02. The SMILES string of the molecule is COc1ccc(N2CCN(/C=C3/C(=O)Nc4ccc(F)cc43)CC2)cc1. The summed E-state index contributed by atoms with van der Waals surface area (Å²) in [4.78, 5) is 16.6. The second-order valence-electron chi connectivity index (χ2n) is 6.41. The van der Waals surface area contributed by atoms with Crippen molar-refractivity contribution in [1.29, 1.82) is 0 Å². The summed E-state index contributed by atoms with van der Waals surface area (Å²) in [6.45, 7) is 3.31. The topological polar surface area (TPSA) is 44.8 Å². The summed E-state index contributed by atoms with van der Waals surface area (Å²) >= 11 is 0. The third-order valence-electron chi connectivity index (χ3n) is 4.83. The molecule has 26 heavy (non-hydrogen) atoms. The molecule has 2 aliphatic rings. The van der Waals surface area contributed by atoms with E-state index in [4.69, 9.17) is 4.74 Å². The van der Waals surface area contributed by atoms with Gasteiger partial charge < -0.3 is 19.9 Å². The summed E-state index contributed by atoms with van der Waals surface area (Å²) in [5.74, 6) is 0.328. The highest BCUT2D eigenvalue weighted by Crippen LogP contribution is 2.32. The Morgan fingerprint density at radius 2 is 1.81 bits per heavy atom. The van der Waals surface area contributed by atoms with Crippen LogP contribution in [0, 0.1) is 5.82 Å². The number of hydrogen-bond acceptors (Lipinski definition) is 4. The van der Waals surface area contributed by atoms with Crippen LogP contribution in [-0.2, 0) is 4.79 Å². The van der Waals surface area contributed by atoms with Gasteiger partial charge in [-0.1, -0.05) is 0 Å². The van der Waals surface area contributed by atoms with Gasteiger partial charge in [-0.3, -0.25) is 4.79 Å². The van der Waals surface area contributed by atoms with Crippen molar-refractivity contribution in [3.05, 3.63) is 60.0 Å². The molecular weight excluding hydrogens is 333 g/mol. The number of benzene rings is 2. The quantitative estimate of drug-likeness (QED) is 0.862. The maximum absolute atomic E-state index is 13.5. The lowest BCUT2D eigenvalue weighted by Crippen LogP contribution is -2.44. The molecule has 1 fully saturated rings. The van der Waals surface area contributed by atoms with Gasteiger partial charge >= 0.3 is 0 Å². The Morgan fingerprint density at radius 3 is 2.50 bits per heavy atom. The average Bonchev–Trinajstić information content (AvgIpc) is 2.97. The highest BCUT2D eigenvalue weighted by molar-refractivity contribution is 6.31. The summed E-state index contributed by atoms with van der Waals surface area (Å²) in [5, 5.41) is 2.79. The molecule has 5 nitrogen and oxygen atoms in total. The number of ether oxygens (including phenoxy) is 1. The molecule has 1 N–H and O–H groups in total. The maximum Gasteiger partial charge on any atom is 0.257 e. The van der Waals surface area contributed by atoms with Gasteiger partial charge in [0, 0.05) is 49.3 Å². The monoisotopic (exact) mass is 353 g/mol. The van der Waals surface area contributed by atoms with Gasteiger partial charge in [-0.25, -0.2) is 4.39 Å². The maximum atomic E-state index is 13.5. The zero-order chi connectivity index (χ0) is 18.1. The molecule has 2 aromatic rings. The molecule has 2 aromatic carbocycles. The number of fused-ring (bicyclic) bond motifs is 1. The number of rotatable bonds is 3. The molecule has 0 aliphatic carbocycles. The van der Waals surface area contributed by atoms with Crippen LogP contribution in [0.15, 0.2) is 48.7 Å². The Balaban J connectivity index is 1.46. The van der Waals surface area contributed by atoms with Gasteiger partial charge in [-0.2, -0.15) is 0 Å². The van der Waals surface area contributed by atoms with Gasteiger partial charge in [0.25, 0.3) is 5.91 Å². The highest BCUT2D eigenvalue weighted by atomic mass is 19.1. The van der Waals surface area contributed by atoms with E-state index in [0.29, 0.717) is 16.8 Å². The molecule has 0 unspecified atom stereocenters. The minimum absolute atomic E-state index is 0.178. The molecule has 0 atom stereocenters. The summed E-state index contributed by atoms with van der Waals surface area (Å²) in [6.07, 6.45) is 1.85. The van der Waals surface area contributed by atoms with Crippen LogP contribution in [0.2, 0.25) is 0 Å². The number of methoxy groups -OCH3 is 1. The number of amides is 1. The van der Waals surface area contributed by atoms with Gasteiger partial charge in [0.05, 0.1) is 12.7 Å². The number of nitrogens with zero attached hydrogens (tertiary/aromatic N) is 2. The zero-order valence-corrected chi connectivity index (χ0v) is 14.5. The molecule has 1 saturated heterocycles. The van der Waals surface area contributed by atoms with Gasteiger partial charge in [0.1, 0.15) is 11.6 Å². The minimum atomic E-state index is -0.338. The van der Waals surface area contributed by atoms with E-state index in [1.54, 1.807) is 13.2 Å². The Bertz CT molecular complexity index is 856. The van der Waals surface area contributed by atoms with Crippen molar-refractivity contribution >= 4 is 22.9 Å². The second kappa shape index (κ2) is 6.71. The van der Waals surface area contributed by atoms with E-state index in [1.807, 2.05) is 18.3 Å². The van der Waals surface area contributed by atoms with Crippen molar-refractivity contribution in [2.75, 3.05) is 43.5 Å². The summed E-state index contributed by atoms with van der Waals surface area (Å²) in [5.41, 5.74) is 2.98. The Kier molecular flexibility index (Phi) is 4.24. The third kappa shape index (κ3) is 3.10. The van der Waals surface area contributed by atoms with Crippen LogP contribution >= 0.6 is 0 Å². The number of piperazine rings is 1. The summed E-state index contributed by atoms with van der Waals surface area (Å²) in [7, 11) is 1.66. The Labute approximate surface area is 151 Å². The zero-order valence-electron chi connectivity index (χ0n) is 14.5. The van der Waals surface area contributed by atoms with E-state index in [0.717, 1.165) is 37.6 Å². The van der Waals surface area contributed by atoms with Crippen LogP contribution in [0.4, 0.5) is 15.8 Å². The fourth-order valence-corrected chi connectivity index (χ4v) is 3.37. The first kappa shape index (κ1) is 16.4. The van der Waals surface area contributed by atoms with Crippen molar-refractivity contribution in [2.24, 2.45) is 0 Å². The molecule has 2 aliphatic heterocycles. The van der Waals surface area contributed by atoms with Crippen LogP contribution in [-0.4, -0.2) is 44.1 Å². The van der Waals surface area contributed by atoms with Gasteiger partial charge in [-0.15, -0.1) is 0 Å². The van der Waals surface area contributed by atoms with Crippen molar-refractivity contribution < 1.29 is 13.9 Å². The second-order valence-corrected chi connectivity index (χ2v) is 6.41. The molecule has 2 heterocycles. The fraction of sp³-hybridized carbons (Fsp3) is 0.250. The van der Waals surface area contributed by atoms with Crippen LogP contribution in [0.25, 0.3) is 5.57 Å². The summed E-state index contributed by atoms with van der Waals surface area (Å²) < 4.78 is 18.7. The van der Waals surface area contributed by atoms with Crippen LogP contribution in [0.5, 0.6) is 5.75 Å². The highest BCUT2D eigenvalue weighted by Gasteiger charge is 2.26. The van der Waals surface area contributed by atoms with Gasteiger partial charge in [-0.05, 0) is 42.5 Å². The van der Waals surface area contributed by atoms with Crippen molar-refractivity contribution in [1.82, 2.24) is 4.90 Å². The lowest BCUT2D eigenvalue weighted by atomic mass is 10.1. The average molecular weight is 353 g/mol. The number of carbonyl (C=O) groups is 1. The predicted octanol–water partition coefficient (Wildman–Crippen LogP) is 2.95. The van der Waals surface area contributed by atoms with Crippen molar-refractivity contribution in [3.63, 3.8) is 0 Å². The number of carbonyl (C=O) groups excluding carboxylic acids is 1. The van der Waals surface area contributed by atoms with Gasteiger partial charge in [0.15, 0.2) is 0 Å². The first-order chi connectivity index (χ1) is 12.6. The third-order valence-corrected chi connectivity index (χ3v) is 4.83. The largest absolute Gasteiger partial charge is 0.497 e. The van der Waals surface area contributed by atoms with Crippen molar-refractivity contribution in [3.8, 4) is 5.75 Å². The van der Waals surface area contributed by atoms with E-state index >= 15 is 0 Å². The molecule has 6 heteroatoms.